The van der Waals surface area contributed by atoms with E-state index in [1.54, 1.807) is 0 Å². The van der Waals surface area contributed by atoms with Gasteiger partial charge >= 0.3 is 7.60 Å². The molecule has 12 nitrogen and oxygen atoms in total. The molecular weight excluding hydrogens is 513 g/mol. The highest BCUT2D eigenvalue weighted by Crippen LogP contribution is 2.36. The second kappa shape index (κ2) is 11.3. The molecule has 1 aliphatic rings. The van der Waals surface area contributed by atoms with Crippen molar-refractivity contribution in [3.63, 3.8) is 0 Å². The van der Waals surface area contributed by atoms with Crippen molar-refractivity contribution in [3.8, 4) is 0 Å². The molecule has 38 heavy (non-hydrogen) atoms. The van der Waals surface area contributed by atoms with Crippen LogP contribution in [0.4, 0.5) is 5.82 Å². The topological polar surface area (TPSA) is 172 Å². The first-order valence-corrected chi connectivity index (χ1v) is 13.8. The highest BCUT2D eigenvalue weighted by Gasteiger charge is 2.44. The SMILES string of the molecule is O=P(O)(O)COC[C@H]1O[C@@H](n2cnc3c(NCc4ccccc4)nc(Cc4ccccc4)nc32)[C@H](O)[C@@H]1O. The first kappa shape index (κ1) is 26.4. The van der Waals surface area contributed by atoms with E-state index in [0.29, 0.717) is 35.8 Å². The van der Waals surface area contributed by atoms with E-state index < -0.39 is 38.5 Å². The zero-order valence-corrected chi connectivity index (χ0v) is 21.1. The molecule has 1 saturated heterocycles. The Morgan fingerprint density at radius 3 is 2.34 bits per heavy atom. The molecule has 13 heteroatoms. The molecule has 5 N–H and O–H groups in total. The normalized spacial score (nSPS) is 21.7. The Hall–Kier alpha value is -3.22. The maximum Gasteiger partial charge on any atom is 0.350 e. The lowest BCUT2D eigenvalue weighted by atomic mass is 10.1. The predicted octanol–water partition coefficient (Wildman–Crippen LogP) is 1.80. The lowest BCUT2D eigenvalue weighted by molar-refractivity contribution is -0.0613. The molecule has 200 valence electrons. The molecule has 0 radical (unpaired) electrons. The zero-order valence-electron chi connectivity index (χ0n) is 20.2. The number of imidazole rings is 1. The number of nitrogens with zero attached hydrogens (tertiary/aromatic N) is 4. The van der Waals surface area contributed by atoms with Gasteiger partial charge in [0.2, 0.25) is 0 Å². The Kier molecular flexibility index (Phi) is 7.82. The molecule has 1 aliphatic heterocycles. The summed E-state index contributed by atoms with van der Waals surface area (Å²) in [5.74, 6) is 1.04. The Labute approximate surface area is 218 Å². The summed E-state index contributed by atoms with van der Waals surface area (Å²) in [5.41, 5.74) is 2.93. The van der Waals surface area contributed by atoms with Crippen molar-refractivity contribution in [2.24, 2.45) is 0 Å². The van der Waals surface area contributed by atoms with Crippen molar-refractivity contribution < 1.29 is 34.0 Å². The van der Waals surface area contributed by atoms with Crippen molar-refractivity contribution in [2.75, 3.05) is 18.3 Å². The van der Waals surface area contributed by atoms with Gasteiger partial charge in [-0.05, 0) is 11.1 Å². The molecule has 0 bridgehead atoms. The van der Waals surface area contributed by atoms with Gasteiger partial charge in [-0.2, -0.15) is 0 Å². The van der Waals surface area contributed by atoms with Crippen molar-refractivity contribution in [2.45, 2.75) is 37.5 Å². The first-order chi connectivity index (χ1) is 18.3. The van der Waals surface area contributed by atoms with Crippen LogP contribution in [-0.2, 0) is 27.0 Å². The van der Waals surface area contributed by atoms with E-state index in [4.69, 9.17) is 29.2 Å². The van der Waals surface area contributed by atoms with Gasteiger partial charge in [0.15, 0.2) is 23.2 Å². The number of ether oxygens (including phenoxy) is 2. The molecule has 0 spiro atoms. The van der Waals surface area contributed by atoms with Gasteiger partial charge in [-0.3, -0.25) is 9.13 Å². The van der Waals surface area contributed by atoms with E-state index in [1.165, 1.54) is 10.9 Å². The highest BCUT2D eigenvalue weighted by atomic mass is 31.2. The van der Waals surface area contributed by atoms with Crippen LogP contribution in [0.3, 0.4) is 0 Å². The summed E-state index contributed by atoms with van der Waals surface area (Å²) in [7, 11) is -4.38. The standard InChI is InChI=1S/C25H28N5O7P/c31-21-18(13-36-15-38(33,34)35)37-25(22(21)32)30-14-27-20-23(26-12-17-9-5-2-6-10-17)28-19(29-24(20)30)11-16-7-3-1-4-8-16/h1-10,14,18,21-22,25,31-32H,11-13,15H2,(H,26,28,29)(H2,33,34,35)/t18-,21-,22-,25-/m1/s1. The van der Waals surface area contributed by atoms with Crippen LogP contribution in [0, 0.1) is 0 Å². The van der Waals surface area contributed by atoms with Gasteiger partial charge in [0.1, 0.15) is 30.5 Å². The largest absolute Gasteiger partial charge is 0.387 e. The monoisotopic (exact) mass is 541 g/mol. The van der Waals surface area contributed by atoms with Crippen molar-refractivity contribution in [1.82, 2.24) is 19.5 Å². The molecule has 5 rings (SSSR count). The van der Waals surface area contributed by atoms with E-state index >= 15 is 0 Å². The fourth-order valence-corrected chi connectivity index (χ4v) is 4.64. The van der Waals surface area contributed by atoms with E-state index in [1.807, 2.05) is 60.7 Å². The molecule has 2 aromatic carbocycles. The van der Waals surface area contributed by atoms with Gasteiger partial charge in [-0.1, -0.05) is 60.7 Å². The zero-order chi connectivity index (χ0) is 26.7. The van der Waals surface area contributed by atoms with Gasteiger partial charge < -0.3 is 34.8 Å². The minimum atomic E-state index is -4.38. The van der Waals surface area contributed by atoms with Crippen molar-refractivity contribution >= 4 is 24.6 Å². The minimum Gasteiger partial charge on any atom is -0.387 e. The summed E-state index contributed by atoms with van der Waals surface area (Å²) in [5, 5.41) is 24.6. The van der Waals surface area contributed by atoms with E-state index in [9.17, 15) is 14.8 Å². The Balaban J connectivity index is 1.44. The van der Waals surface area contributed by atoms with Gasteiger partial charge in [-0.15, -0.1) is 0 Å². The number of anilines is 1. The van der Waals surface area contributed by atoms with Gasteiger partial charge in [0.05, 0.1) is 12.9 Å². The summed E-state index contributed by atoms with van der Waals surface area (Å²) in [6.45, 7) is 0.190. The third kappa shape index (κ3) is 6.08. The molecule has 0 aliphatic carbocycles. The summed E-state index contributed by atoms with van der Waals surface area (Å²) >= 11 is 0. The quantitative estimate of drug-likeness (QED) is 0.185. The molecule has 4 aromatic rings. The summed E-state index contributed by atoms with van der Waals surface area (Å²) in [4.78, 5) is 31.9. The predicted molar refractivity (Wildman–Crippen MR) is 137 cm³/mol. The number of aliphatic hydroxyl groups excluding tert-OH is 2. The fraction of sp³-hybridized carbons (Fsp3) is 0.320. The lowest BCUT2D eigenvalue weighted by Crippen LogP contribution is -2.33. The van der Waals surface area contributed by atoms with Crippen LogP contribution >= 0.6 is 7.60 Å². The number of nitrogens with one attached hydrogen (secondary N) is 1. The number of fused-ring (bicyclic) bond motifs is 1. The first-order valence-electron chi connectivity index (χ1n) is 12.0. The molecule has 0 amide bonds. The number of benzene rings is 2. The van der Waals surface area contributed by atoms with Crippen molar-refractivity contribution in [1.29, 1.82) is 0 Å². The molecule has 2 aromatic heterocycles. The molecule has 1 fully saturated rings. The molecule has 0 unspecified atom stereocenters. The Bertz CT molecular complexity index is 1420. The Morgan fingerprint density at radius 2 is 1.66 bits per heavy atom. The number of rotatable bonds is 10. The highest BCUT2D eigenvalue weighted by molar-refractivity contribution is 7.51. The van der Waals surface area contributed by atoms with Crippen LogP contribution < -0.4 is 5.32 Å². The maximum atomic E-state index is 11.1. The van der Waals surface area contributed by atoms with E-state index in [0.717, 1.165) is 11.1 Å². The maximum absolute atomic E-state index is 11.1. The molecular formula is C25H28N5O7P. The van der Waals surface area contributed by atoms with Gasteiger partial charge in [0, 0.05) is 13.0 Å². The second-order valence-corrected chi connectivity index (χ2v) is 10.6. The minimum absolute atomic E-state index is 0.315. The van der Waals surface area contributed by atoms with Crippen LogP contribution in [-0.4, -0.2) is 70.8 Å². The van der Waals surface area contributed by atoms with Gasteiger partial charge in [0.25, 0.3) is 0 Å². The van der Waals surface area contributed by atoms with Crippen LogP contribution in [0.5, 0.6) is 0 Å². The number of hydrogen-bond donors (Lipinski definition) is 5. The Morgan fingerprint density at radius 1 is 0.974 bits per heavy atom. The average Bonchev–Trinajstić information content (AvgIpc) is 3.44. The average molecular weight is 542 g/mol. The molecule has 0 saturated carbocycles. The third-order valence-corrected chi connectivity index (χ3v) is 6.65. The lowest BCUT2D eigenvalue weighted by Gasteiger charge is -2.17. The molecule has 3 heterocycles. The third-order valence-electron chi connectivity index (χ3n) is 6.13. The van der Waals surface area contributed by atoms with Crippen molar-refractivity contribution in [3.05, 3.63) is 83.9 Å². The van der Waals surface area contributed by atoms with Crippen LogP contribution in [0.25, 0.3) is 11.2 Å². The summed E-state index contributed by atoms with van der Waals surface area (Å²) in [6.07, 6.45) is -3.68. The molecule has 4 atom stereocenters. The van der Waals surface area contributed by atoms with Crippen LogP contribution in [0.2, 0.25) is 0 Å². The fourth-order valence-electron chi connectivity index (χ4n) is 4.29. The van der Waals surface area contributed by atoms with Crippen LogP contribution in [0.1, 0.15) is 23.2 Å². The smallest absolute Gasteiger partial charge is 0.350 e. The number of hydrogen-bond acceptors (Lipinski definition) is 9. The second-order valence-electron chi connectivity index (χ2n) is 9.02. The number of aliphatic hydroxyl groups is 2. The summed E-state index contributed by atoms with van der Waals surface area (Å²) < 4.78 is 23.5. The van der Waals surface area contributed by atoms with Gasteiger partial charge in [-0.25, -0.2) is 15.0 Å². The van der Waals surface area contributed by atoms with E-state index in [-0.39, 0.29) is 6.61 Å². The summed E-state index contributed by atoms with van der Waals surface area (Å²) in [6, 6.07) is 19.6. The number of aromatic nitrogens is 4. The van der Waals surface area contributed by atoms with E-state index in [2.05, 4.69) is 10.3 Å². The van der Waals surface area contributed by atoms with Crippen LogP contribution in [0.15, 0.2) is 67.0 Å².